The summed E-state index contributed by atoms with van der Waals surface area (Å²) >= 11 is 0. The molecule has 1 heterocycles. The lowest BCUT2D eigenvalue weighted by Gasteiger charge is -2.35. The average molecular weight is 433 g/mol. The molecule has 0 saturated carbocycles. The first-order valence-corrected chi connectivity index (χ1v) is 7.72. The van der Waals surface area contributed by atoms with Gasteiger partial charge in [-0.15, -0.1) is 24.0 Å². The van der Waals surface area contributed by atoms with Crippen LogP contribution in [-0.2, 0) is 0 Å². The molecule has 0 spiro atoms. The van der Waals surface area contributed by atoms with E-state index in [0.29, 0.717) is 18.5 Å². The van der Waals surface area contributed by atoms with Crippen molar-refractivity contribution in [3.8, 4) is 5.75 Å². The van der Waals surface area contributed by atoms with E-state index in [4.69, 9.17) is 10.5 Å². The van der Waals surface area contributed by atoms with Crippen LogP contribution in [0.5, 0.6) is 5.75 Å². The van der Waals surface area contributed by atoms with Crippen molar-refractivity contribution in [1.29, 1.82) is 0 Å². The van der Waals surface area contributed by atoms with E-state index in [1.165, 1.54) is 0 Å². The Balaban J connectivity index is 0.00000264. The molecule has 0 aliphatic carbocycles. The normalized spacial score (nSPS) is 18.1. The lowest BCUT2D eigenvalue weighted by atomic mass is 10.2. The molecule has 1 atom stereocenters. The standard InChI is InChI=1S/C16H27N5O.HI/c1-13(21-10-8-20(2)9-11-21)12-18-16(17)19-14-4-6-15(22-3)7-5-14;/h4-7,13H,8-12H2,1-3H3,(H3,17,18,19);1H. The van der Waals surface area contributed by atoms with Gasteiger partial charge in [0.25, 0.3) is 0 Å². The van der Waals surface area contributed by atoms with E-state index in [2.05, 4.69) is 34.1 Å². The average Bonchev–Trinajstić information content (AvgIpc) is 2.54. The molecule has 1 unspecified atom stereocenters. The Labute approximate surface area is 156 Å². The van der Waals surface area contributed by atoms with Crippen molar-refractivity contribution in [2.45, 2.75) is 13.0 Å². The molecule has 0 amide bonds. The molecule has 1 fully saturated rings. The Bertz CT molecular complexity index is 486. The van der Waals surface area contributed by atoms with Crippen molar-refractivity contribution in [3.63, 3.8) is 0 Å². The van der Waals surface area contributed by atoms with E-state index in [1.54, 1.807) is 7.11 Å². The topological polar surface area (TPSA) is 66.1 Å². The third kappa shape index (κ3) is 6.52. The Morgan fingerprint density at radius 3 is 2.43 bits per heavy atom. The number of likely N-dealkylation sites (N-methyl/N-ethyl adjacent to an activating group) is 1. The lowest BCUT2D eigenvalue weighted by Crippen LogP contribution is -2.49. The number of piperazine rings is 1. The molecule has 0 bridgehead atoms. The van der Waals surface area contributed by atoms with E-state index in [0.717, 1.165) is 37.6 Å². The van der Waals surface area contributed by atoms with Crippen LogP contribution < -0.4 is 15.8 Å². The first-order valence-electron chi connectivity index (χ1n) is 7.72. The molecule has 2 rings (SSSR count). The summed E-state index contributed by atoms with van der Waals surface area (Å²) in [6.45, 7) is 7.34. The first-order chi connectivity index (χ1) is 10.6. The van der Waals surface area contributed by atoms with E-state index in [9.17, 15) is 0 Å². The number of nitrogens with zero attached hydrogens (tertiary/aromatic N) is 3. The number of aliphatic imine (C=N–C) groups is 1. The van der Waals surface area contributed by atoms with Crippen molar-refractivity contribution in [1.82, 2.24) is 9.80 Å². The van der Waals surface area contributed by atoms with Crippen molar-refractivity contribution in [2.75, 3.05) is 52.2 Å². The molecule has 1 aliphatic heterocycles. The number of methoxy groups -OCH3 is 1. The Morgan fingerprint density at radius 2 is 1.87 bits per heavy atom. The van der Waals surface area contributed by atoms with Gasteiger partial charge < -0.3 is 20.7 Å². The van der Waals surface area contributed by atoms with E-state index in [1.807, 2.05) is 24.3 Å². The summed E-state index contributed by atoms with van der Waals surface area (Å²) in [6.07, 6.45) is 0. The minimum Gasteiger partial charge on any atom is -0.497 e. The number of ether oxygens (including phenoxy) is 1. The summed E-state index contributed by atoms with van der Waals surface area (Å²) in [4.78, 5) is 9.27. The van der Waals surface area contributed by atoms with E-state index < -0.39 is 0 Å². The van der Waals surface area contributed by atoms with E-state index in [-0.39, 0.29) is 24.0 Å². The van der Waals surface area contributed by atoms with Crippen LogP contribution >= 0.6 is 24.0 Å². The Kier molecular flexibility index (Phi) is 8.64. The van der Waals surface area contributed by atoms with Crippen LogP contribution in [0.2, 0.25) is 0 Å². The fourth-order valence-corrected chi connectivity index (χ4v) is 2.47. The molecular weight excluding hydrogens is 405 g/mol. The molecule has 1 aromatic carbocycles. The molecule has 1 aliphatic rings. The minimum atomic E-state index is 0. The maximum absolute atomic E-state index is 5.96. The summed E-state index contributed by atoms with van der Waals surface area (Å²) in [6, 6.07) is 8.03. The van der Waals surface area contributed by atoms with Crippen LogP contribution in [0.4, 0.5) is 5.69 Å². The summed E-state index contributed by atoms with van der Waals surface area (Å²) in [5, 5.41) is 3.10. The predicted molar refractivity (Wildman–Crippen MR) is 107 cm³/mol. The number of halogens is 1. The molecule has 6 nitrogen and oxygen atoms in total. The zero-order chi connectivity index (χ0) is 15.9. The largest absolute Gasteiger partial charge is 0.497 e. The molecule has 130 valence electrons. The highest BCUT2D eigenvalue weighted by Gasteiger charge is 2.18. The summed E-state index contributed by atoms with van der Waals surface area (Å²) in [5.41, 5.74) is 6.87. The van der Waals surface area contributed by atoms with Crippen LogP contribution in [0.1, 0.15) is 6.92 Å². The van der Waals surface area contributed by atoms with Gasteiger partial charge in [-0.25, -0.2) is 0 Å². The quantitative estimate of drug-likeness (QED) is 0.420. The molecule has 1 saturated heterocycles. The summed E-state index contributed by atoms with van der Waals surface area (Å²) in [5.74, 6) is 1.27. The minimum absolute atomic E-state index is 0. The second-order valence-electron chi connectivity index (χ2n) is 5.77. The molecule has 0 radical (unpaired) electrons. The molecule has 7 heteroatoms. The number of nitrogens with one attached hydrogen (secondary N) is 1. The van der Waals surface area contributed by atoms with Gasteiger partial charge in [-0.2, -0.15) is 0 Å². The number of nitrogens with two attached hydrogens (primary N) is 1. The number of guanidine groups is 1. The highest BCUT2D eigenvalue weighted by Crippen LogP contribution is 2.14. The van der Waals surface area contributed by atoms with Gasteiger partial charge in [-0.3, -0.25) is 9.89 Å². The fraction of sp³-hybridized carbons (Fsp3) is 0.562. The third-order valence-corrected chi connectivity index (χ3v) is 4.05. The van der Waals surface area contributed by atoms with Crippen LogP contribution in [0.15, 0.2) is 29.3 Å². The fourth-order valence-electron chi connectivity index (χ4n) is 2.47. The number of rotatable bonds is 5. The SMILES string of the molecule is COc1ccc(NC(N)=NCC(C)N2CCN(C)CC2)cc1.I. The number of hydrogen-bond donors (Lipinski definition) is 2. The maximum Gasteiger partial charge on any atom is 0.193 e. The highest BCUT2D eigenvalue weighted by atomic mass is 127. The third-order valence-electron chi connectivity index (χ3n) is 4.05. The monoisotopic (exact) mass is 433 g/mol. The second-order valence-corrected chi connectivity index (χ2v) is 5.77. The van der Waals surface area contributed by atoms with Crippen molar-refractivity contribution < 1.29 is 4.74 Å². The second kappa shape index (κ2) is 9.94. The number of benzene rings is 1. The van der Waals surface area contributed by atoms with Gasteiger partial charge in [-0.05, 0) is 38.2 Å². The summed E-state index contributed by atoms with van der Waals surface area (Å²) in [7, 11) is 3.81. The van der Waals surface area contributed by atoms with Gasteiger partial charge in [0.05, 0.1) is 13.7 Å². The van der Waals surface area contributed by atoms with Gasteiger partial charge in [0.1, 0.15) is 5.75 Å². The molecular formula is C16H28IN5O. The zero-order valence-corrected chi connectivity index (χ0v) is 16.5. The molecule has 0 aromatic heterocycles. The van der Waals surface area contributed by atoms with Gasteiger partial charge >= 0.3 is 0 Å². The molecule has 23 heavy (non-hydrogen) atoms. The van der Waals surface area contributed by atoms with Crippen LogP contribution in [0.25, 0.3) is 0 Å². The first kappa shape index (κ1) is 20.0. The van der Waals surface area contributed by atoms with E-state index >= 15 is 0 Å². The smallest absolute Gasteiger partial charge is 0.193 e. The van der Waals surface area contributed by atoms with Gasteiger partial charge in [-0.1, -0.05) is 0 Å². The number of hydrogen-bond acceptors (Lipinski definition) is 4. The summed E-state index contributed by atoms with van der Waals surface area (Å²) < 4.78 is 5.13. The predicted octanol–water partition coefficient (Wildman–Crippen LogP) is 1.68. The Morgan fingerprint density at radius 1 is 1.26 bits per heavy atom. The van der Waals surface area contributed by atoms with Crippen LogP contribution in [0.3, 0.4) is 0 Å². The van der Waals surface area contributed by atoms with Crippen molar-refractivity contribution >= 4 is 35.6 Å². The van der Waals surface area contributed by atoms with Gasteiger partial charge in [0.2, 0.25) is 0 Å². The van der Waals surface area contributed by atoms with Gasteiger partial charge in [0, 0.05) is 37.9 Å². The Hall–Kier alpha value is -1.06. The van der Waals surface area contributed by atoms with Gasteiger partial charge in [0.15, 0.2) is 5.96 Å². The van der Waals surface area contributed by atoms with Crippen molar-refractivity contribution in [2.24, 2.45) is 10.7 Å². The van der Waals surface area contributed by atoms with Crippen LogP contribution in [0, 0.1) is 0 Å². The van der Waals surface area contributed by atoms with Crippen LogP contribution in [-0.4, -0.2) is 68.7 Å². The molecule has 1 aromatic rings. The number of anilines is 1. The maximum atomic E-state index is 5.96. The lowest BCUT2D eigenvalue weighted by molar-refractivity contribution is 0.122. The molecule has 3 N–H and O–H groups in total. The van der Waals surface area contributed by atoms with Crippen molar-refractivity contribution in [3.05, 3.63) is 24.3 Å². The zero-order valence-electron chi connectivity index (χ0n) is 14.2. The highest BCUT2D eigenvalue weighted by molar-refractivity contribution is 14.0.